The van der Waals surface area contributed by atoms with E-state index < -0.39 is 0 Å². The average Bonchev–Trinajstić information content (AvgIpc) is 2.18. The minimum atomic E-state index is 0.927. The Morgan fingerprint density at radius 3 is 2.79 bits per heavy atom. The van der Waals surface area contributed by atoms with Crippen molar-refractivity contribution in [1.82, 2.24) is 10.3 Å². The topological polar surface area (TPSA) is 37.0 Å². The molecule has 1 aromatic rings. The van der Waals surface area contributed by atoms with Crippen LogP contribution in [-0.4, -0.2) is 24.6 Å². The highest BCUT2D eigenvalue weighted by Crippen LogP contribution is 2.02. The van der Waals surface area contributed by atoms with Gasteiger partial charge >= 0.3 is 0 Å². The summed E-state index contributed by atoms with van der Waals surface area (Å²) in [4.78, 5) is 4.35. The van der Waals surface area contributed by atoms with Gasteiger partial charge in [-0.25, -0.2) is 4.98 Å². The molecule has 0 aliphatic rings. The van der Waals surface area contributed by atoms with Crippen molar-refractivity contribution in [1.29, 1.82) is 0 Å². The lowest BCUT2D eigenvalue weighted by molar-refractivity contribution is 0.687. The third-order valence-corrected chi connectivity index (χ3v) is 1.92. The first-order valence-electron chi connectivity index (χ1n) is 5.21. The summed E-state index contributed by atoms with van der Waals surface area (Å²) in [7, 11) is 0. The van der Waals surface area contributed by atoms with Gasteiger partial charge in [-0.3, -0.25) is 0 Å². The zero-order valence-electron chi connectivity index (χ0n) is 9.01. The van der Waals surface area contributed by atoms with Crippen LogP contribution < -0.4 is 10.6 Å². The molecule has 14 heavy (non-hydrogen) atoms. The first-order chi connectivity index (χ1) is 6.83. The number of nitrogens with zero attached hydrogens (tertiary/aromatic N) is 1. The second-order valence-corrected chi connectivity index (χ2v) is 3.34. The molecule has 3 heteroatoms. The highest BCUT2D eigenvalue weighted by atomic mass is 15.0. The molecule has 2 N–H and O–H groups in total. The fraction of sp³-hybridized carbons (Fsp3) is 0.545. The maximum absolute atomic E-state index is 4.35. The van der Waals surface area contributed by atoms with Crippen LogP contribution in [0.1, 0.15) is 19.0 Å². The SMILES string of the molecule is CCCNCCNc1cccc(C)n1. The van der Waals surface area contributed by atoms with Crippen molar-refractivity contribution < 1.29 is 0 Å². The predicted octanol–water partition coefficient (Wildman–Crippen LogP) is 1.80. The Bertz CT molecular complexity index is 260. The Morgan fingerprint density at radius 1 is 1.21 bits per heavy atom. The summed E-state index contributed by atoms with van der Waals surface area (Å²) in [5, 5.41) is 6.60. The molecule has 3 nitrogen and oxygen atoms in total. The maximum Gasteiger partial charge on any atom is 0.126 e. The first kappa shape index (κ1) is 11.0. The van der Waals surface area contributed by atoms with E-state index in [1.807, 2.05) is 25.1 Å². The summed E-state index contributed by atoms with van der Waals surface area (Å²) in [5.41, 5.74) is 1.05. The minimum Gasteiger partial charge on any atom is -0.369 e. The van der Waals surface area contributed by atoms with Crippen LogP contribution in [0.25, 0.3) is 0 Å². The fourth-order valence-corrected chi connectivity index (χ4v) is 1.22. The lowest BCUT2D eigenvalue weighted by Gasteiger charge is -2.06. The van der Waals surface area contributed by atoms with Crippen LogP contribution in [0, 0.1) is 6.92 Å². The van der Waals surface area contributed by atoms with E-state index in [0.29, 0.717) is 0 Å². The molecule has 0 spiro atoms. The van der Waals surface area contributed by atoms with Gasteiger partial charge in [-0.1, -0.05) is 13.0 Å². The second kappa shape index (κ2) is 6.38. The van der Waals surface area contributed by atoms with E-state index >= 15 is 0 Å². The molecule has 1 aromatic heterocycles. The van der Waals surface area contributed by atoms with Gasteiger partial charge in [-0.05, 0) is 32.0 Å². The van der Waals surface area contributed by atoms with Crippen LogP contribution in [0.15, 0.2) is 18.2 Å². The van der Waals surface area contributed by atoms with E-state index in [2.05, 4.69) is 22.5 Å². The van der Waals surface area contributed by atoms with Crippen LogP contribution in [0.3, 0.4) is 0 Å². The average molecular weight is 193 g/mol. The van der Waals surface area contributed by atoms with E-state index in [9.17, 15) is 0 Å². The molecule has 0 bridgehead atoms. The molecule has 0 radical (unpaired) electrons. The Balaban J connectivity index is 2.18. The monoisotopic (exact) mass is 193 g/mol. The molecule has 1 rings (SSSR count). The van der Waals surface area contributed by atoms with E-state index in [4.69, 9.17) is 0 Å². The third-order valence-electron chi connectivity index (χ3n) is 1.92. The summed E-state index contributed by atoms with van der Waals surface area (Å²) in [6.45, 7) is 7.17. The largest absolute Gasteiger partial charge is 0.369 e. The number of hydrogen-bond acceptors (Lipinski definition) is 3. The Labute approximate surface area is 85.9 Å². The molecule has 0 aliphatic heterocycles. The molecule has 0 aliphatic carbocycles. The molecular weight excluding hydrogens is 174 g/mol. The van der Waals surface area contributed by atoms with E-state index in [1.165, 1.54) is 6.42 Å². The summed E-state index contributed by atoms with van der Waals surface area (Å²) >= 11 is 0. The molecule has 0 unspecified atom stereocenters. The van der Waals surface area contributed by atoms with Gasteiger partial charge in [-0.15, -0.1) is 0 Å². The summed E-state index contributed by atoms with van der Waals surface area (Å²) in [6.07, 6.45) is 1.18. The number of nitrogens with one attached hydrogen (secondary N) is 2. The molecule has 1 heterocycles. The van der Waals surface area contributed by atoms with Gasteiger partial charge in [0.15, 0.2) is 0 Å². The Morgan fingerprint density at radius 2 is 2.07 bits per heavy atom. The van der Waals surface area contributed by atoms with Crippen molar-refractivity contribution in [2.45, 2.75) is 20.3 Å². The molecule has 0 saturated heterocycles. The van der Waals surface area contributed by atoms with Gasteiger partial charge in [0.2, 0.25) is 0 Å². The third kappa shape index (κ3) is 4.23. The van der Waals surface area contributed by atoms with Gasteiger partial charge < -0.3 is 10.6 Å². The molecule has 0 fully saturated rings. The zero-order valence-corrected chi connectivity index (χ0v) is 9.01. The number of anilines is 1. The maximum atomic E-state index is 4.35. The highest BCUT2D eigenvalue weighted by Gasteiger charge is 1.92. The molecular formula is C11H19N3. The quantitative estimate of drug-likeness (QED) is 0.676. The highest BCUT2D eigenvalue weighted by molar-refractivity contribution is 5.34. The molecule has 0 atom stereocenters. The van der Waals surface area contributed by atoms with Crippen molar-refractivity contribution in [3.63, 3.8) is 0 Å². The van der Waals surface area contributed by atoms with Gasteiger partial charge in [0.05, 0.1) is 0 Å². The Hall–Kier alpha value is -1.09. The first-order valence-corrected chi connectivity index (χ1v) is 5.21. The van der Waals surface area contributed by atoms with Gasteiger partial charge in [0, 0.05) is 18.8 Å². The van der Waals surface area contributed by atoms with Crippen molar-refractivity contribution in [3.8, 4) is 0 Å². The zero-order chi connectivity index (χ0) is 10.2. The lowest BCUT2D eigenvalue weighted by Crippen LogP contribution is -2.23. The molecule has 0 saturated carbocycles. The summed E-state index contributed by atoms with van der Waals surface area (Å²) < 4.78 is 0. The van der Waals surface area contributed by atoms with Crippen LogP contribution in [0.4, 0.5) is 5.82 Å². The number of hydrogen-bond donors (Lipinski definition) is 2. The van der Waals surface area contributed by atoms with Crippen molar-refractivity contribution >= 4 is 5.82 Å². The standard InChI is InChI=1S/C11H19N3/c1-3-7-12-8-9-13-11-6-4-5-10(2)14-11/h4-6,12H,3,7-9H2,1-2H3,(H,13,14). The number of rotatable bonds is 6. The normalized spacial score (nSPS) is 10.1. The smallest absolute Gasteiger partial charge is 0.126 e. The number of pyridine rings is 1. The van der Waals surface area contributed by atoms with E-state index in [-0.39, 0.29) is 0 Å². The van der Waals surface area contributed by atoms with Crippen molar-refractivity contribution in [2.75, 3.05) is 25.0 Å². The van der Waals surface area contributed by atoms with Gasteiger partial charge in [0.25, 0.3) is 0 Å². The van der Waals surface area contributed by atoms with Crippen molar-refractivity contribution in [3.05, 3.63) is 23.9 Å². The van der Waals surface area contributed by atoms with Crippen LogP contribution in [0.2, 0.25) is 0 Å². The van der Waals surface area contributed by atoms with Crippen LogP contribution in [-0.2, 0) is 0 Å². The second-order valence-electron chi connectivity index (χ2n) is 3.34. The lowest BCUT2D eigenvalue weighted by atomic mass is 10.4. The van der Waals surface area contributed by atoms with Gasteiger partial charge in [0.1, 0.15) is 5.82 Å². The van der Waals surface area contributed by atoms with Crippen LogP contribution >= 0.6 is 0 Å². The molecule has 0 aromatic carbocycles. The number of aromatic nitrogens is 1. The molecule has 78 valence electrons. The van der Waals surface area contributed by atoms with Gasteiger partial charge in [-0.2, -0.15) is 0 Å². The number of aryl methyl sites for hydroxylation is 1. The Kier molecular flexibility index (Phi) is 5.00. The predicted molar refractivity (Wildman–Crippen MR) is 60.6 cm³/mol. The van der Waals surface area contributed by atoms with Crippen molar-refractivity contribution in [2.24, 2.45) is 0 Å². The van der Waals surface area contributed by atoms with Crippen LogP contribution in [0.5, 0.6) is 0 Å². The summed E-state index contributed by atoms with van der Waals surface area (Å²) in [5.74, 6) is 0.961. The minimum absolute atomic E-state index is 0.927. The van der Waals surface area contributed by atoms with E-state index in [0.717, 1.165) is 31.1 Å². The fourth-order valence-electron chi connectivity index (χ4n) is 1.22. The van der Waals surface area contributed by atoms with E-state index in [1.54, 1.807) is 0 Å². The molecule has 0 amide bonds. The summed E-state index contributed by atoms with van der Waals surface area (Å²) in [6, 6.07) is 6.01.